The van der Waals surface area contributed by atoms with E-state index in [4.69, 9.17) is 25.2 Å². The van der Waals surface area contributed by atoms with Crippen LogP contribution in [0.15, 0.2) is 18.2 Å². The van der Waals surface area contributed by atoms with Crippen LogP contribution in [-0.2, 0) is 6.42 Å². The number of nitrogens with one attached hydrogen (secondary N) is 1. The van der Waals surface area contributed by atoms with E-state index >= 15 is 0 Å². The van der Waals surface area contributed by atoms with E-state index in [0.29, 0.717) is 17.5 Å². The molecule has 0 unspecified atom stereocenters. The monoisotopic (exact) mass is 227 g/mol. The molecule has 1 N–H and O–H groups in total. The SMILES string of the molecule is [B]C1([B])Oc2ccc(C[C@H](C)NCC)cc2O1. The molecule has 1 heterocycles. The molecule has 17 heavy (non-hydrogen) atoms. The summed E-state index contributed by atoms with van der Waals surface area (Å²) in [5, 5.41) is 3.36. The Morgan fingerprint density at radius 3 is 2.71 bits per heavy atom. The molecule has 2 rings (SSSR count). The van der Waals surface area contributed by atoms with Gasteiger partial charge in [0.2, 0.25) is 0 Å². The predicted octanol–water partition coefficient (Wildman–Crippen LogP) is 0.947. The second kappa shape index (κ2) is 4.65. The molecule has 0 aromatic heterocycles. The average molecular weight is 227 g/mol. The third kappa shape index (κ3) is 2.97. The Labute approximate surface area is 105 Å². The molecular formula is C12H15B2NO2. The van der Waals surface area contributed by atoms with Crippen molar-refractivity contribution in [3.05, 3.63) is 23.8 Å². The number of ether oxygens (including phenoxy) is 2. The minimum atomic E-state index is -1.53. The van der Waals surface area contributed by atoms with Crippen LogP contribution >= 0.6 is 0 Å². The van der Waals surface area contributed by atoms with Crippen molar-refractivity contribution in [1.29, 1.82) is 0 Å². The minimum absolute atomic E-state index is 0.417. The largest absolute Gasteiger partial charge is 0.468 e. The van der Waals surface area contributed by atoms with Crippen LogP contribution in [0.5, 0.6) is 11.5 Å². The Balaban J connectivity index is 2.08. The highest BCUT2D eigenvalue weighted by Crippen LogP contribution is 2.37. The second-order valence-electron chi connectivity index (χ2n) is 4.37. The first-order valence-corrected chi connectivity index (χ1v) is 5.82. The lowest BCUT2D eigenvalue weighted by atomic mass is 9.76. The summed E-state index contributed by atoms with van der Waals surface area (Å²) < 4.78 is 10.5. The summed E-state index contributed by atoms with van der Waals surface area (Å²) in [5.41, 5.74) is -0.368. The number of rotatable bonds is 4. The van der Waals surface area contributed by atoms with E-state index in [0.717, 1.165) is 13.0 Å². The molecule has 1 aromatic rings. The summed E-state index contributed by atoms with van der Waals surface area (Å²) in [6.07, 6.45) is 0.923. The zero-order chi connectivity index (χ0) is 12.5. The van der Waals surface area contributed by atoms with Crippen molar-refractivity contribution in [3.63, 3.8) is 0 Å². The third-order valence-electron chi connectivity index (χ3n) is 2.64. The summed E-state index contributed by atoms with van der Waals surface area (Å²) in [7, 11) is 11.1. The van der Waals surface area contributed by atoms with Crippen molar-refractivity contribution >= 4 is 15.7 Å². The smallest absolute Gasteiger partial charge is 0.175 e. The lowest BCUT2D eigenvalue weighted by Crippen LogP contribution is -2.39. The predicted molar refractivity (Wildman–Crippen MR) is 68.8 cm³/mol. The van der Waals surface area contributed by atoms with E-state index in [1.165, 1.54) is 5.56 Å². The van der Waals surface area contributed by atoms with Crippen molar-refractivity contribution < 1.29 is 9.47 Å². The molecule has 0 amide bonds. The minimum Gasteiger partial charge on any atom is -0.468 e. The van der Waals surface area contributed by atoms with Crippen LogP contribution < -0.4 is 14.8 Å². The highest BCUT2D eigenvalue weighted by molar-refractivity contribution is 6.38. The molecule has 1 aliphatic rings. The fourth-order valence-electron chi connectivity index (χ4n) is 1.98. The Kier molecular flexibility index (Phi) is 3.38. The van der Waals surface area contributed by atoms with Gasteiger partial charge in [-0.05, 0) is 37.6 Å². The second-order valence-corrected chi connectivity index (χ2v) is 4.37. The van der Waals surface area contributed by atoms with Crippen molar-refractivity contribution in [3.8, 4) is 11.5 Å². The highest BCUT2D eigenvalue weighted by atomic mass is 16.7. The Morgan fingerprint density at radius 2 is 2.00 bits per heavy atom. The molecule has 0 saturated heterocycles. The normalized spacial score (nSPS) is 18.0. The number of benzene rings is 1. The summed E-state index contributed by atoms with van der Waals surface area (Å²) in [6, 6.07) is 6.17. The van der Waals surface area contributed by atoms with Gasteiger partial charge in [-0.3, -0.25) is 0 Å². The van der Waals surface area contributed by atoms with E-state index in [1.807, 2.05) is 18.2 Å². The van der Waals surface area contributed by atoms with Gasteiger partial charge in [-0.1, -0.05) is 13.0 Å². The van der Waals surface area contributed by atoms with Crippen LogP contribution in [0.1, 0.15) is 19.4 Å². The molecule has 0 fully saturated rings. The first kappa shape index (κ1) is 12.4. The maximum absolute atomic E-state index is 5.55. The average Bonchev–Trinajstić information content (AvgIpc) is 2.51. The quantitative estimate of drug-likeness (QED) is 0.776. The molecule has 0 bridgehead atoms. The number of likely N-dealkylation sites (N-methyl/N-ethyl adjacent to an activating group) is 1. The summed E-state index contributed by atoms with van der Waals surface area (Å²) in [5.74, 6) is 1.20. The molecule has 1 atom stereocenters. The van der Waals surface area contributed by atoms with E-state index in [-0.39, 0.29) is 0 Å². The molecule has 0 aliphatic carbocycles. The molecule has 86 valence electrons. The lowest BCUT2D eigenvalue weighted by molar-refractivity contribution is 0.0833. The molecule has 1 aliphatic heterocycles. The van der Waals surface area contributed by atoms with Crippen LogP contribution in [0, 0.1) is 0 Å². The summed E-state index contributed by atoms with van der Waals surface area (Å²) >= 11 is 0. The maximum Gasteiger partial charge on any atom is 0.175 e. The molecule has 0 saturated carbocycles. The van der Waals surface area contributed by atoms with Crippen molar-refractivity contribution in [2.24, 2.45) is 0 Å². The van der Waals surface area contributed by atoms with E-state index in [1.54, 1.807) is 0 Å². The molecule has 4 radical (unpaired) electrons. The van der Waals surface area contributed by atoms with Gasteiger partial charge in [0, 0.05) is 6.04 Å². The van der Waals surface area contributed by atoms with Crippen LogP contribution in [0.25, 0.3) is 0 Å². The van der Waals surface area contributed by atoms with Gasteiger partial charge in [-0.2, -0.15) is 0 Å². The lowest BCUT2D eigenvalue weighted by Gasteiger charge is -2.18. The van der Waals surface area contributed by atoms with Crippen LogP contribution in [-0.4, -0.2) is 33.9 Å². The Morgan fingerprint density at radius 1 is 1.29 bits per heavy atom. The first-order chi connectivity index (χ1) is 8.00. The number of hydrogen-bond donors (Lipinski definition) is 1. The fourth-order valence-corrected chi connectivity index (χ4v) is 1.98. The van der Waals surface area contributed by atoms with Gasteiger partial charge in [-0.25, -0.2) is 0 Å². The topological polar surface area (TPSA) is 30.5 Å². The highest BCUT2D eigenvalue weighted by Gasteiger charge is 2.30. The zero-order valence-electron chi connectivity index (χ0n) is 10.2. The van der Waals surface area contributed by atoms with Gasteiger partial charge in [0.25, 0.3) is 0 Å². The van der Waals surface area contributed by atoms with Crippen LogP contribution in [0.3, 0.4) is 0 Å². The van der Waals surface area contributed by atoms with Gasteiger partial charge >= 0.3 is 0 Å². The van der Waals surface area contributed by atoms with E-state index in [2.05, 4.69) is 19.2 Å². The third-order valence-corrected chi connectivity index (χ3v) is 2.64. The van der Waals surface area contributed by atoms with Crippen LogP contribution in [0.2, 0.25) is 0 Å². The van der Waals surface area contributed by atoms with Crippen molar-refractivity contribution in [1.82, 2.24) is 5.32 Å². The van der Waals surface area contributed by atoms with E-state index in [9.17, 15) is 0 Å². The van der Waals surface area contributed by atoms with Gasteiger partial charge in [-0.15, -0.1) is 0 Å². The Bertz CT molecular complexity index is 409. The van der Waals surface area contributed by atoms with Gasteiger partial charge in [0.15, 0.2) is 32.8 Å². The van der Waals surface area contributed by atoms with Crippen LogP contribution in [0.4, 0.5) is 0 Å². The van der Waals surface area contributed by atoms with Gasteiger partial charge in [0.05, 0.1) is 0 Å². The first-order valence-electron chi connectivity index (χ1n) is 5.82. The van der Waals surface area contributed by atoms with Crippen molar-refractivity contribution in [2.75, 3.05) is 6.54 Å². The summed E-state index contributed by atoms with van der Waals surface area (Å²) in [4.78, 5) is 0. The van der Waals surface area contributed by atoms with Gasteiger partial charge in [0.1, 0.15) is 0 Å². The van der Waals surface area contributed by atoms with Crippen molar-refractivity contribution in [2.45, 2.75) is 31.9 Å². The standard InChI is InChI=1S/C12H15B2NO2/c1-3-15-8(2)6-9-4-5-10-11(7-9)17-12(13,14)16-10/h4-5,7-8,15H,3,6H2,1-2H3/t8-/m0/s1. The summed E-state index contributed by atoms with van der Waals surface area (Å²) in [6.45, 7) is 5.19. The molecule has 3 nitrogen and oxygen atoms in total. The molecule has 5 heteroatoms. The molecular weight excluding hydrogens is 212 g/mol. The number of hydrogen-bond acceptors (Lipinski definition) is 3. The molecule has 1 aromatic carbocycles. The van der Waals surface area contributed by atoms with E-state index < -0.39 is 5.59 Å². The zero-order valence-corrected chi connectivity index (χ0v) is 10.2. The maximum atomic E-state index is 5.55. The number of fused-ring (bicyclic) bond motifs is 1. The van der Waals surface area contributed by atoms with Gasteiger partial charge < -0.3 is 14.8 Å². The molecule has 0 spiro atoms. The fraction of sp³-hybridized carbons (Fsp3) is 0.500. The Hall–Kier alpha value is -1.09.